The lowest BCUT2D eigenvalue weighted by atomic mass is 10.3. The minimum absolute atomic E-state index is 0.0259. The molecule has 0 aliphatic heterocycles. The van der Waals surface area contributed by atoms with Crippen molar-refractivity contribution >= 4 is 11.9 Å². The zero-order valence-electron chi connectivity index (χ0n) is 9.68. The van der Waals surface area contributed by atoms with Crippen molar-refractivity contribution in [3.05, 3.63) is 23.7 Å². The van der Waals surface area contributed by atoms with E-state index in [4.69, 9.17) is 9.52 Å². The minimum Gasteiger partial charge on any atom is -0.481 e. The third-order valence-corrected chi connectivity index (χ3v) is 2.77. The van der Waals surface area contributed by atoms with Gasteiger partial charge in [0.2, 0.25) is 0 Å². The van der Waals surface area contributed by atoms with Gasteiger partial charge in [-0.25, -0.2) is 0 Å². The smallest absolute Gasteiger partial charge is 0.305 e. The molecule has 0 bridgehead atoms. The Bertz CT molecular complexity index is 433. The summed E-state index contributed by atoms with van der Waals surface area (Å²) in [6.45, 7) is 2.02. The highest BCUT2D eigenvalue weighted by Crippen LogP contribution is 2.28. The molecule has 0 radical (unpaired) electrons. The summed E-state index contributed by atoms with van der Waals surface area (Å²) in [4.78, 5) is 24.2. The van der Waals surface area contributed by atoms with Gasteiger partial charge in [0.15, 0.2) is 5.76 Å². The van der Waals surface area contributed by atoms with Crippen LogP contribution in [0.2, 0.25) is 0 Å². The van der Waals surface area contributed by atoms with Crippen molar-refractivity contribution in [2.45, 2.75) is 32.2 Å². The van der Waals surface area contributed by atoms with Crippen LogP contribution < -0.4 is 0 Å². The van der Waals surface area contributed by atoms with Crippen molar-refractivity contribution in [2.75, 3.05) is 6.54 Å². The van der Waals surface area contributed by atoms with Gasteiger partial charge < -0.3 is 14.4 Å². The lowest BCUT2D eigenvalue weighted by Gasteiger charge is -2.20. The molecule has 17 heavy (non-hydrogen) atoms. The Morgan fingerprint density at radius 3 is 2.65 bits per heavy atom. The fourth-order valence-electron chi connectivity index (χ4n) is 1.74. The van der Waals surface area contributed by atoms with Crippen molar-refractivity contribution in [3.8, 4) is 0 Å². The van der Waals surface area contributed by atoms with Gasteiger partial charge in [-0.1, -0.05) is 0 Å². The van der Waals surface area contributed by atoms with Crippen LogP contribution in [0.1, 0.15) is 35.6 Å². The SMILES string of the molecule is Cc1ccc(C(=O)N(CCC(=O)O)C2CC2)o1. The van der Waals surface area contributed by atoms with E-state index in [2.05, 4.69) is 0 Å². The van der Waals surface area contributed by atoms with Crippen molar-refractivity contribution in [3.63, 3.8) is 0 Å². The number of amides is 1. The first-order valence-electron chi connectivity index (χ1n) is 5.67. The summed E-state index contributed by atoms with van der Waals surface area (Å²) < 4.78 is 5.27. The molecule has 5 nitrogen and oxygen atoms in total. The number of hydrogen-bond donors (Lipinski definition) is 1. The average molecular weight is 237 g/mol. The standard InChI is InChI=1S/C12H15NO4/c1-8-2-5-10(17-8)12(16)13(9-3-4-9)7-6-11(14)15/h2,5,9H,3-4,6-7H2,1H3,(H,14,15). The van der Waals surface area contributed by atoms with Crippen LogP contribution in [0.15, 0.2) is 16.5 Å². The van der Waals surface area contributed by atoms with Crippen molar-refractivity contribution in [1.29, 1.82) is 0 Å². The summed E-state index contributed by atoms with van der Waals surface area (Å²) >= 11 is 0. The number of carboxylic acid groups (broad SMARTS) is 1. The highest BCUT2D eigenvalue weighted by molar-refractivity contribution is 5.92. The molecule has 0 saturated heterocycles. The lowest BCUT2D eigenvalue weighted by Crippen LogP contribution is -2.34. The molecular formula is C12H15NO4. The van der Waals surface area contributed by atoms with E-state index in [0.29, 0.717) is 11.5 Å². The first-order chi connectivity index (χ1) is 8.08. The number of carbonyl (C=O) groups excluding carboxylic acids is 1. The molecule has 1 heterocycles. The number of aryl methyl sites for hydroxylation is 1. The number of aliphatic carboxylic acids is 1. The monoisotopic (exact) mass is 237 g/mol. The molecule has 0 aromatic carbocycles. The molecule has 1 fully saturated rings. The predicted octanol–water partition coefficient (Wildman–Crippen LogP) is 1.67. The van der Waals surface area contributed by atoms with Crippen LogP contribution in [0.3, 0.4) is 0 Å². The number of nitrogens with zero attached hydrogens (tertiary/aromatic N) is 1. The third-order valence-electron chi connectivity index (χ3n) is 2.77. The van der Waals surface area contributed by atoms with E-state index in [1.165, 1.54) is 0 Å². The van der Waals surface area contributed by atoms with E-state index < -0.39 is 5.97 Å². The number of furan rings is 1. The van der Waals surface area contributed by atoms with Gasteiger partial charge in [0.25, 0.3) is 5.91 Å². The van der Waals surface area contributed by atoms with Crippen LogP contribution in [0.5, 0.6) is 0 Å². The quantitative estimate of drug-likeness (QED) is 0.845. The van der Waals surface area contributed by atoms with E-state index >= 15 is 0 Å². The molecule has 1 amide bonds. The molecule has 1 saturated carbocycles. The van der Waals surface area contributed by atoms with Crippen LogP contribution in [-0.2, 0) is 4.79 Å². The molecule has 1 aromatic rings. The van der Waals surface area contributed by atoms with E-state index in [9.17, 15) is 9.59 Å². The summed E-state index contributed by atoms with van der Waals surface area (Å²) in [5.74, 6) is -0.122. The van der Waals surface area contributed by atoms with E-state index in [1.54, 1.807) is 24.0 Å². The van der Waals surface area contributed by atoms with Crippen molar-refractivity contribution < 1.29 is 19.1 Å². The first kappa shape index (κ1) is 11.7. The molecule has 0 unspecified atom stereocenters. The Balaban J connectivity index is 2.05. The Kier molecular flexibility index (Phi) is 3.17. The van der Waals surface area contributed by atoms with Crippen LogP contribution in [0.4, 0.5) is 0 Å². The molecule has 2 rings (SSSR count). The fourth-order valence-corrected chi connectivity index (χ4v) is 1.74. The number of rotatable bonds is 5. The third kappa shape index (κ3) is 2.87. The second-order valence-electron chi connectivity index (χ2n) is 4.28. The largest absolute Gasteiger partial charge is 0.481 e. The summed E-state index contributed by atoms with van der Waals surface area (Å²) in [6.07, 6.45) is 1.87. The maximum atomic E-state index is 12.1. The highest BCUT2D eigenvalue weighted by atomic mass is 16.4. The van der Waals surface area contributed by atoms with Crippen LogP contribution >= 0.6 is 0 Å². The first-order valence-corrected chi connectivity index (χ1v) is 5.67. The Hall–Kier alpha value is -1.78. The van der Waals surface area contributed by atoms with Gasteiger partial charge in [-0.05, 0) is 31.9 Å². The Morgan fingerprint density at radius 1 is 1.47 bits per heavy atom. The molecule has 0 atom stereocenters. The predicted molar refractivity (Wildman–Crippen MR) is 59.8 cm³/mol. The van der Waals surface area contributed by atoms with Gasteiger partial charge in [0.1, 0.15) is 5.76 Å². The molecule has 1 aliphatic rings. The zero-order chi connectivity index (χ0) is 12.4. The average Bonchev–Trinajstić information content (AvgIpc) is 3.00. The summed E-state index contributed by atoms with van der Waals surface area (Å²) in [7, 11) is 0. The summed E-state index contributed by atoms with van der Waals surface area (Å²) in [5.41, 5.74) is 0. The molecule has 1 aliphatic carbocycles. The summed E-state index contributed by atoms with van der Waals surface area (Å²) in [5, 5.41) is 8.66. The number of carboxylic acids is 1. The van der Waals surface area contributed by atoms with Crippen molar-refractivity contribution in [2.24, 2.45) is 0 Å². The Morgan fingerprint density at radius 2 is 2.18 bits per heavy atom. The van der Waals surface area contributed by atoms with Gasteiger partial charge in [-0.15, -0.1) is 0 Å². The zero-order valence-corrected chi connectivity index (χ0v) is 9.68. The van der Waals surface area contributed by atoms with Gasteiger partial charge >= 0.3 is 5.97 Å². The summed E-state index contributed by atoms with van der Waals surface area (Å²) in [6, 6.07) is 3.55. The molecule has 0 spiro atoms. The van der Waals surface area contributed by atoms with Gasteiger partial charge in [0, 0.05) is 12.6 Å². The minimum atomic E-state index is -0.890. The second-order valence-corrected chi connectivity index (χ2v) is 4.28. The molecule has 5 heteroatoms. The fraction of sp³-hybridized carbons (Fsp3) is 0.500. The van der Waals surface area contributed by atoms with Gasteiger partial charge in [0.05, 0.1) is 6.42 Å². The van der Waals surface area contributed by atoms with Gasteiger partial charge in [-0.3, -0.25) is 9.59 Å². The second kappa shape index (κ2) is 4.61. The van der Waals surface area contributed by atoms with Crippen LogP contribution in [0.25, 0.3) is 0 Å². The number of carbonyl (C=O) groups is 2. The van der Waals surface area contributed by atoms with E-state index in [1.807, 2.05) is 0 Å². The molecular weight excluding hydrogens is 222 g/mol. The van der Waals surface area contributed by atoms with Crippen molar-refractivity contribution in [1.82, 2.24) is 4.90 Å². The molecule has 1 N–H and O–H groups in total. The Labute approximate surface area is 99.0 Å². The molecule has 1 aromatic heterocycles. The molecule has 92 valence electrons. The van der Waals surface area contributed by atoms with Crippen LogP contribution in [0, 0.1) is 6.92 Å². The maximum Gasteiger partial charge on any atom is 0.305 e. The normalized spacial score (nSPS) is 14.6. The van der Waals surface area contributed by atoms with Gasteiger partial charge in [-0.2, -0.15) is 0 Å². The van der Waals surface area contributed by atoms with E-state index in [0.717, 1.165) is 12.8 Å². The topological polar surface area (TPSA) is 70.8 Å². The lowest BCUT2D eigenvalue weighted by molar-refractivity contribution is -0.137. The van der Waals surface area contributed by atoms with Crippen LogP contribution in [-0.4, -0.2) is 34.5 Å². The number of hydrogen-bond acceptors (Lipinski definition) is 3. The highest BCUT2D eigenvalue weighted by Gasteiger charge is 2.34. The van der Waals surface area contributed by atoms with E-state index in [-0.39, 0.29) is 24.9 Å². The maximum absolute atomic E-state index is 12.1.